The highest BCUT2D eigenvalue weighted by Gasteiger charge is 2.45. The Morgan fingerprint density at radius 3 is 2.52 bits per heavy atom. The predicted molar refractivity (Wildman–Crippen MR) is 107 cm³/mol. The highest BCUT2D eigenvalue weighted by molar-refractivity contribution is 7.82. The van der Waals surface area contributed by atoms with Crippen LogP contribution in [0.25, 0.3) is 0 Å². The number of amides is 1. The van der Waals surface area contributed by atoms with Crippen molar-refractivity contribution in [2.24, 2.45) is 5.92 Å². The molecule has 1 aliphatic carbocycles. The summed E-state index contributed by atoms with van der Waals surface area (Å²) >= 11 is 6.05. The van der Waals surface area contributed by atoms with E-state index in [4.69, 9.17) is 16.3 Å². The minimum Gasteiger partial charge on any atom is -0.366 e. The van der Waals surface area contributed by atoms with E-state index in [0.29, 0.717) is 23.3 Å². The number of rotatable bonds is 6. The lowest BCUT2D eigenvalue weighted by Gasteiger charge is -2.43. The van der Waals surface area contributed by atoms with Crippen LogP contribution in [0.2, 0.25) is 5.02 Å². The molecule has 148 valence electrons. The van der Waals surface area contributed by atoms with Gasteiger partial charge in [-0.2, -0.15) is 0 Å². The Balaban J connectivity index is 1.60. The van der Waals surface area contributed by atoms with Crippen LogP contribution in [0, 0.1) is 5.92 Å². The molecule has 3 aliphatic rings. The summed E-state index contributed by atoms with van der Waals surface area (Å²) in [6, 6.07) is 7.50. The highest BCUT2D eigenvalue weighted by atomic mass is 35.5. The van der Waals surface area contributed by atoms with Crippen LogP contribution in [0.3, 0.4) is 0 Å². The number of hydrogen-bond acceptors (Lipinski definition) is 3. The molecule has 2 heterocycles. The molecule has 2 aliphatic heterocycles. The summed E-state index contributed by atoms with van der Waals surface area (Å²) in [6.07, 6.45) is 3.99. The van der Waals surface area contributed by atoms with E-state index in [2.05, 4.69) is 4.31 Å². The molecule has 4 atom stereocenters. The molecular weight excluding hydrogens is 384 g/mol. The molecule has 1 aromatic rings. The molecule has 27 heavy (non-hydrogen) atoms. The average Bonchev–Trinajstić information content (AvgIpc) is 3.36. The van der Waals surface area contributed by atoms with Crippen molar-refractivity contribution in [2.45, 2.75) is 50.8 Å². The van der Waals surface area contributed by atoms with Crippen LogP contribution in [0.1, 0.15) is 44.2 Å². The second kappa shape index (κ2) is 8.19. The van der Waals surface area contributed by atoms with Crippen molar-refractivity contribution in [3.05, 3.63) is 34.9 Å². The lowest BCUT2D eigenvalue weighted by atomic mass is 9.99. The van der Waals surface area contributed by atoms with Gasteiger partial charge in [0.2, 0.25) is 0 Å². The first kappa shape index (κ1) is 19.4. The van der Waals surface area contributed by atoms with Crippen molar-refractivity contribution in [2.75, 3.05) is 25.4 Å². The second-order valence-corrected chi connectivity index (χ2v) is 9.75. The minimum atomic E-state index is -1.03. The first-order valence-corrected chi connectivity index (χ1v) is 11.5. The molecule has 5 nitrogen and oxygen atoms in total. The molecule has 3 fully saturated rings. The van der Waals surface area contributed by atoms with Crippen LogP contribution in [0.5, 0.6) is 0 Å². The number of hydrogen-bond donors (Lipinski definition) is 0. The lowest BCUT2D eigenvalue weighted by molar-refractivity contribution is -0.162. The molecule has 0 bridgehead atoms. The van der Waals surface area contributed by atoms with Crippen LogP contribution < -0.4 is 0 Å². The Labute approximate surface area is 168 Å². The van der Waals surface area contributed by atoms with Crippen LogP contribution in [-0.4, -0.2) is 56.9 Å². The van der Waals surface area contributed by atoms with Crippen molar-refractivity contribution in [1.82, 2.24) is 9.21 Å². The van der Waals surface area contributed by atoms with Crippen LogP contribution >= 0.6 is 11.6 Å². The summed E-state index contributed by atoms with van der Waals surface area (Å²) in [5, 5.41) is 0.676. The van der Waals surface area contributed by atoms with Gasteiger partial charge in [0.25, 0.3) is 5.91 Å². The molecule has 0 spiro atoms. The number of morpholine rings is 1. The minimum absolute atomic E-state index is 0.00552. The maximum atomic E-state index is 13.1. The quantitative estimate of drug-likeness (QED) is 0.723. The van der Waals surface area contributed by atoms with Gasteiger partial charge < -0.3 is 9.64 Å². The molecule has 1 amide bonds. The Hall–Kier alpha value is -0.950. The van der Waals surface area contributed by atoms with Gasteiger partial charge in [-0.1, -0.05) is 23.7 Å². The third kappa shape index (κ3) is 4.24. The van der Waals surface area contributed by atoms with Crippen LogP contribution in [-0.2, 0) is 20.5 Å². The summed E-state index contributed by atoms with van der Waals surface area (Å²) in [5.74, 6) is 0.991. The van der Waals surface area contributed by atoms with Gasteiger partial charge in [0.05, 0.1) is 29.4 Å². The monoisotopic (exact) mass is 410 g/mol. The first-order valence-electron chi connectivity index (χ1n) is 9.87. The maximum Gasteiger partial charge on any atom is 0.252 e. The smallest absolute Gasteiger partial charge is 0.252 e. The molecule has 1 saturated carbocycles. The SMILES string of the molecule is CC1OCC(c2ccc(Cl)cc2)N(C(CS(=O)N2CCCC2)C2CC2)C1=O. The largest absolute Gasteiger partial charge is 0.366 e. The predicted octanol–water partition coefficient (Wildman–Crippen LogP) is 3.17. The van der Waals surface area contributed by atoms with Gasteiger partial charge >= 0.3 is 0 Å². The van der Waals surface area contributed by atoms with E-state index in [1.165, 1.54) is 0 Å². The van der Waals surface area contributed by atoms with E-state index in [-0.39, 0.29) is 18.0 Å². The van der Waals surface area contributed by atoms with Gasteiger partial charge in [-0.3, -0.25) is 4.79 Å². The van der Waals surface area contributed by atoms with E-state index >= 15 is 0 Å². The van der Waals surface area contributed by atoms with Gasteiger partial charge in [-0.05, 0) is 56.2 Å². The Bertz CT molecular complexity index is 704. The van der Waals surface area contributed by atoms with E-state index in [9.17, 15) is 9.00 Å². The fourth-order valence-electron chi connectivity index (χ4n) is 4.15. The Kier molecular flexibility index (Phi) is 5.88. The molecule has 7 heteroatoms. The van der Waals surface area contributed by atoms with E-state index in [1.54, 1.807) is 0 Å². The molecule has 4 rings (SSSR count). The molecule has 1 aromatic carbocycles. The third-order valence-electron chi connectivity index (χ3n) is 5.89. The van der Waals surface area contributed by atoms with E-state index in [1.807, 2.05) is 36.1 Å². The zero-order chi connectivity index (χ0) is 19.0. The molecule has 0 aromatic heterocycles. The Morgan fingerprint density at radius 1 is 1.22 bits per heavy atom. The summed E-state index contributed by atoms with van der Waals surface area (Å²) in [7, 11) is -1.03. The van der Waals surface area contributed by atoms with Gasteiger partial charge in [-0.25, -0.2) is 8.51 Å². The molecule has 2 saturated heterocycles. The maximum absolute atomic E-state index is 13.1. The summed E-state index contributed by atoms with van der Waals surface area (Å²) < 4.78 is 20.8. The zero-order valence-corrected chi connectivity index (χ0v) is 17.3. The summed E-state index contributed by atoms with van der Waals surface area (Å²) in [4.78, 5) is 15.1. The van der Waals surface area contributed by atoms with Crippen molar-refractivity contribution in [1.29, 1.82) is 0 Å². The van der Waals surface area contributed by atoms with Crippen LogP contribution in [0.4, 0.5) is 0 Å². The topological polar surface area (TPSA) is 49.9 Å². The van der Waals surface area contributed by atoms with Crippen molar-refractivity contribution in [3.8, 4) is 0 Å². The van der Waals surface area contributed by atoms with Crippen molar-refractivity contribution < 1.29 is 13.7 Å². The van der Waals surface area contributed by atoms with Crippen molar-refractivity contribution in [3.63, 3.8) is 0 Å². The number of halogens is 1. The number of nitrogens with zero attached hydrogens (tertiary/aromatic N) is 2. The van der Waals surface area contributed by atoms with Gasteiger partial charge in [0, 0.05) is 24.2 Å². The normalized spacial score (nSPS) is 29.1. The molecule has 0 radical (unpaired) electrons. The molecule has 4 unspecified atom stereocenters. The average molecular weight is 411 g/mol. The van der Waals surface area contributed by atoms with Gasteiger partial charge in [0.1, 0.15) is 6.10 Å². The second-order valence-electron chi connectivity index (χ2n) is 7.82. The van der Waals surface area contributed by atoms with Crippen molar-refractivity contribution >= 4 is 28.5 Å². The first-order chi connectivity index (χ1) is 13.0. The van der Waals surface area contributed by atoms with E-state index < -0.39 is 17.1 Å². The molecule has 0 N–H and O–H groups in total. The standard InChI is InChI=1S/C20H27ClN2O3S/c1-14-20(24)23(18(12-26-14)15-6-8-17(21)9-7-15)19(16-4-5-16)13-27(25)22-10-2-3-11-22/h6-9,14,16,18-19H,2-5,10-13H2,1H3. The third-order valence-corrected chi connectivity index (χ3v) is 7.71. The number of ether oxygens (including phenoxy) is 1. The fourth-order valence-corrected chi connectivity index (χ4v) is 5.88. The number of benzene rings is 1. The van der Waals surface area contributed by atoms with Gasteiger partial charge in [0.15, 0.2) is 0 Å². The fraction of sp³-hybridized carbons (Fsp3) is 0.650. The van der Waals surface area contributed by atoms with Crippen LogP contribution in [0.15, 0.2) is 24.3 Å². The zero-order valence-electron chi connectivity index (χ0n) is 15.7. The summed E-state index contributed by atoms with van der Waals surface area (Å²) in [6.45, 7) is 4.08. The summed E-state index contributed by atoms with van der Waals surface area (Å²) in [5.41, 5.74) is 1.03. The highest BCUT2D eigenvalue weighted by Crippen LogP contribution is 2.41. The Morgan fingerprint density at radius 2 is 1.89 bits per heavy atom. The lowest BCUT2D eigenvalue weighted by Crippen LogP contribution is -2.55. The molecular formula is C20H27ClN2O3S. The number of carbonyl (C=O) groups excluding carboxylic acids is 1. The number of carbonyl (C=O) groups is 1. The van der Waals surface area contributed by atoms with Gasteiger partial charge in [-0.15, -0.1) is 0 Å². The van der Waals surface area contributed by atoms with E-state index in [0.717, 1.165) is 44.3 Å².